The lowest BCUT2D eigenvalue weighted by molar-refractivity contribution is -0.105. The molecule has 1 heterocycles. The SMILES string of the molecule is O=CNc1nncs1. The van der Waals surface area contributed by atoms with Gasteiger partial charge in [0.15, 0.2) is 0 Å². The molecule has 8 heavy (non-hydrogen) atoms. The van der Waals surface area contributed by atoms with Gasteiger partial charge in [0.25, 0.3) is 0 Å². The fraction of sp³-hybridized carbons (Fsp3) is 0. The molecule has 0 aromatic carbocycles. The Balaban J connectivity index is 2.62. The highest BCUT2D eigenvalue weighted by Gasteiger charge is 1.88. The van der Waals surface area contributed by atoms with Crippen LogP contribution in [0.2, 0.25) is 0 Å². The maximum Gasteiger partial charge on any atom is 0.213 e. The van der Waals surface area contributed by atoms with Gasteiger partial charge >= 0.3 is 0 Å². The van der Waals surface area contributed by atoms with Crippen LogP contribution in [0.25, 0.3) is 0 Å². The van der Waals surface area contributed by atoms with Gasteiger partial charge in [0.2, 0.25) is 11.5 Å². The molecule has 1 aromatic rings. The molecular formula is C3H3N3OS. The number of rotatable bonds is 2. The van der Waals surface area contributed by atoms with Crippen LogP contribution < -0.4 is 5.32 Å². The van der Waals surface area contributed by atoms with Crippen molar-refractivity contribution in [2.75, 3.05) is 5.32 Å². The minimum Gasteiger partial charge on any atom is -0.303 e. The Morgan fingerprint density at radius 3 is 3.25 bits per heavy atom. The lowest BCUT2D eigenvalue weighted by atomic mass is 11.1. The van der Waals surface area contributed by atoms with Gasteiger partial charge in [0.1, 0.15) is 5.51 Å². The minimum absolute atomic E-state index is 0.528. The molecule has 0 atom stereocenters. The minimum atomic E-state index is 0.528. The van der Waals surface area contributed by atoms with E-state index in [9.17, 15) is 4.79 Å². The highest BCUT2D eigenvalue weighted by molar-refractivity contribution is 7.13. The predicted octanol–water partition coefficient (Wildman–Crippen LogP) is 0.106. The summed E-state index contributed by atoms with van der Waals surface area (Å²) in [6, 6.07) is 0. The number of carbonyl (C=O) groups is 1. The molecule has 1 rings (SSSR count). The Bertz CT molecular complexity index is 161. The summed E-state index contributed by atoms with van der Waals surface area (Å²) in [5.74, 6) is 0. The van der Waals surface area contributed by atoms with Crippen LogP contribution in [-0.4, -0.2) is 16.6 Å². The topological polar surface area (TPSA) is 54.9 Å². The number of nitrogens with one attached hydrogen (secondary N) is 1. The number of aromatic nitrogens is 2. The van der Waals surface area contributed by atoms with E-state index < -0.39 is 0 Å². The van der Waals surface area contributed by atoms with Gasteiger partial charge in [-0.3, -0.25) is 4.79 Å². The van der Waals surface area contributed by atoms with Gasteiger partial charge in [-0.15, -0.1) is 10.2 Å². The highest BCUT2D eigenvalue weighted by Crippen LogP contribution is 2.04. The summed E-state index contributed by atoms with van der Waals surface area (Å²) in [6.07, 6.45) is 0.570. The first-order valence-corrected chi connectivity index (χ1v) is 2.78. The second-order valence-electron chi connectivity index (χ2n) is 1.01. The van der Waals surface area contributed by atoms with Crippen molar-refractivity contribution < 1.29 is 4.79 Å². The summed E-state index contributed by atoms with van der Waals surface area (Å²) in [4.78, 5) is 9.70. The second kappa shape index (κ2) is 2.37. The quantitative estimate of drug-likeness (QED) is 0.576. The van der Waals surface area contributed by atoms with Crippen LogP contribution in [-0.2, 0) is 4.79 Å². The highest BCUT2D eigenvalue weighted by atomic mass is 32.1. The molecule has 1 N–H and O–H groups in total. The third-order valence-electron chi connectivity index (χ3n) is 0.542. The average molecular weight is 129 g/mol. The van der Waals surface area contributed by atoms with Gasteiger partial charge in [-0.05, 0) is 0 Å². The molecule has 0 radical (unpaired) electrons. The van der Waals surface area contributed by atoms with Crippen LogP contribution in [0.1, 0.15) is 0 Å². The standard InChI is InChI=1S/C3H3N3OS/c7-1-4-3-6-5-2-8-3/h1-2H,(H,4,6,7). The second-order valence-corrected chi connectivity index (χ2v) is 1.84. The maximum atomic E-state index is 9.70. The first kappa shape index (κ1) is 5.17. The Labute approximate surface area is 49.6 Å². The molecule has 1 aromatic heterocycles. The monoisotopic (exact) mass is 129 g/mol. The van der Waals surface area contributed by atoms with Crippen LogP contribution >= 0.6 is 11.3 Å². The smallest absolute Gasteiger partial charge is 0.213 e. The number of hydrogen-bond acceptors (Lipinski definition) is 4. The van der Waals surface area contributed by atoms with Crippen molar-refractivity contribution in [2.45, 2.75) is 0 Å². The maximum absolute atomic E-state index is 9.70. The lowest BCUT2D eigenvalue weighted by Crippen LogP contribution is -1.91. The van der Waals surface area contributed by atoms with Crippen molar-refractivity contribution in [1.82, 2.24) is 10.2 Å². The van der Waals surface area contributed by atoms with Crippen molar-refractivity contribution >= 4 is 22.9 Å². The zero-order chi connectivity index (χ0) is 5.82. The van der Waals surface area contributed by atoms with Crippen molar-refractivity contribution in [3.8, 4) is 0 Å². The Kier molecular flexibility index (Phi) is 1.53. The Morgan fingerprint density at radius 1 is 1.88 bits per heavy atom. The summed E-state index contributed by atoms with van der Waals surface area (Å²) < 4.78 is 0. The summed E-state index contributed by atoms with van der Waals surface area (Å²) in [6.45, 7) is 0. The van der Waals surface area contributed by atoms with E-state index >= 15 is 0 Å². The molecule has 0 aliphatic carbocycles. The van der Waals surface area contributed by atoms with E-state index in [1.807, 2.05) is 0 Å². The number of hydrogen-bond donors (Lipinski definition) is 1. The van der Waals surface area contributed by atoms with Crippen LogP contribution in [0.3, 0.4) is 0 Å². The number of anilines is 1. The molecule has 0 bridgehead atoms. The van der Waals surface area contributed by atoms with Gasteiger partial charge in [-0.1, -0.05) is 11.3 Å². The predicted molar refractivity (Wildman–Crippen MR) is 29.6 cm³/mol. The summed E-state index contributed by atoms with van der Waals surface area (Å²) >= 11 is 1.28. The van der Waals surface area contributed by atoms with Gasteiger partial charge < -0.3 is 5.32 Å². The summed E-state index contributed by atoms with van der Waals surface area (Å²) in [7, 11) is 0. The Hall–Kier alpha value is -0.970. The van der Waals surface area contributed by atoms with E-state index in [0.29, 0.717) is 11.5 Å². The Morgan fingerprint density at radius 2 is 2.75 bits per heavy atom. The van der Waals surface area contributed by atoms with E-state index in [1.54, 1.807) is 5.51 Å². The van der Waals surface area contributed by atoms with Gasteiger partial charge in [0.05, 0.1) is 0 Å². The molecule has 42 valence electrons. The van der Waals surface area contributed by atoms with Crippen molar-refractivity contribution in [1.29, 1.82) is 0 Å². The van der Waals surface area contributed by atoms with Crippen molar-refractivity contribution in [3.05, 3.63) is 5.51 Å². The van der Waals surface area contributed by atoms with Gasteiger partial charge in [0, 0.05) is 0 Å². The fourth-order valence-electron chi connectivity index (χ4n) is 0.286. The first-order chi connectivity index (χ1) is 3.93. The molecule has 0 fully saturated rings. The normalized spacial score (nSPS) is 8.50. The molecule has 1 amide bonds. The van der Waals surface area contributed by atoms with E-state index in [2.05, 4.69) is 15.5 Å². The van der Waals surface area contributed by atoms with Crippen molar-refractivity contribution in [3.63, 3.8) is 0 Å². The lowest BCUT2D eigenvalue weighted by Gasteiger charge is -1.81. The molecule has 0 aliphatic heterocycles. The molecule has 4 nitrogen and oxygen atoms in total. The van der Waals surface area contributed by atoms with Crippen LogP contribution in [0.4, 0.5) is 5.13 Å². The number of carbonyl (C=O) groups excluding carboxylic acids is 1. The molecule has 0 aliphatic rings. The van der Waals surface area contributed by atoms with Crippen LogP contribution in [0.15, 0.2) is 5.51 Å². The number of nitrogens with zero attached hydrogens (tertiary/aromatic N) is 2. The zero-order valence-electron chi connectivity index (χ0n) is 3.87. The van der Waals surface area contributed by atoms with E-state index in [4.69, 9.17) is 0 Å². The molecular weight excluding hydrogens is 126 g/mol. The van der Waals surface area contributed by atoms with E-state index in [1.165, 1.54) is 11.3 Å². The number of amides is 1. The van der Waals surface area contributed by atoms with Gasteiger partial charge in [-0.2, -0.15) is 0 Å². The third kappa shape index (κ3) is 1.00. The van der Waals surface area contributed by atoms with Crippen LogP contribution in [0.5, 0.6) is 0 Å². The molecule has 0 spiro atoms. The molecule has 0 saturated carbocycles. The van der Waals surface area contributed by atoms with E-state index in [-0.39, 0.29) is 0 Å². The largest absolute Gasteiger partial charge is 0.303 e. The summed E-state index contributed by atoms with van der Waals surface area (Å²) in [5, 5.41) is 9.90. The van der Waals surface area contributed by atoms with Crippen molar-refractivity contribution in [2.24, 2.45) is 0 Å². The summed E-state index contributed by atoms with van der Waals surface area (Å²) in [5.41, 5.74) is 1.55. The average Bonchev–Trinajstić information content (AvgIpc) is 2.19. The molecule has 5 heteroatoms. The van der Waals surface area contributed by atoms with E-state index in [0.717, 1.165) is 0 Å². The first-order valence-electron chi connectivity index (χ1n) is 1.90. The van der Waals surface area contributed by atoms with Gasteiger partial charge in [-0.25, -0.2) is 0 Å². The molecule has 0 saturated heterocycles. The zero-order valence-corrected chi connectivity index (χ0v) is 4.68. The third-order valence-corrected chi connectivity index (χ3v) is 1.16. The fourth-order valence-corrected chi connectivity index (χ4v) is 0.691. The molecule has 0 unspecified atom stereocenters. The van der Waals surface area contributed by atoms with Crippen LogP contribution in [0, 0.1) is 0 Å².